The van der Waals surface area contributed by atoms with Crippen LogP contribution >= 0.6 is 0 Å². The molecule has 0 radical (unpaired) electrons. The Morgan fingerprint density at radius 2 is 1.81 bits per heavy atom. The first-order valence-electron chi connectivity index (χ1n) is 10.6. The highest BCUT2D eigenvalue weighted by Gasteiger charge is 2.51. The number of carbonyl (C=O) groups is 2. The third-order valence-corrected chi connectivity index (χ3v) is 5.46. The van der Waals surface area contributed by atoms with Crippen LogP contribution in [0, 0.1) is 11.6 Å². The number of hydrogen-bond acceptors (Lipinski definition) is 6. The standard InChI is InChI=1S/C23H19F5N6O2/c24-13-1-2-18(16(6-13)23(26,27)28)33-15-7-17(25)19(31-10-15)11-32-21(36)22(3-4-22)34-20(35)12-5-14(29)9-30-8-12/h1-2,5-10,33H,3-4,11,29H2,(H,32,36)(H,34,35). The normalized spacial score (nSPS) is 14.1. The Kier molecular flexibility index (Phi) is 6.48. The molecule has 1 aromatic carbocycles. The Hall–Kier alpha value is -4.29. The molecule has 188 valence electrons. The maximum Gasteiger partial charge on any atom is 0.418 e. The molecule has 3 aromatic rings. The number of pyridine rings is 2. The third kappa shape index (κ3) is 5.50. The van der Waals surface area contributed by atoms with Gasteiger partial charge < -0.3 is 21.7 Å². The van der Waals surface area contributed by atoms with E-state index in [1.165, 1.54) is 18.5 Å². The molecule has 0 atom stereocenters. The van der Waals surface area contributed by atoms with E-state index in [1.54, 1.807) is 0 Å². The Morgan fingerprint density at radius 1 is 1.06 bits per heavy atom. The fourth-order valence-electron chi connectivity index (χ4n) is 3.42. The molecule has 2 amide bonds. The fraction of sp³-hybridized carbons (Fsp3) is 0.217. The average Bonchev–Trinajstić information content (AvgIpc) is 3.59. The molecule has 1 saturated carbocycles. The Morgan fingerprint density at radius 3 is 2.44 bits per heavy atom. The summed E-state index contributed by atoms with van der Waals surface area (Å²) in [7, 11) is 0. The number of anilines is 3. The predicted octanol–water partition coefficient (Wildman–Crippen LogP) is 3.68. The summed E-state index contributed by atoms with van der Waals surface area (Å²) in [6.45, 7) is -0.327. The van der Waals surface area contributed by atoms with Crippen molar-refractivity contribution >= 4 is 28.9 Å². The molecular formula is C23H19F5N6O2. The SMILES string of the molecule is Nc1cncc(C(=O)NC2(C(=O)NCc3ncc(Nc4ccc(F)cc4C(F)(F)F)cc3F)CC2)c1. The molecule has 1 aliphatic carbocycles. The summed E-state index contributed by atoms with van der Waals surface area (Å²) < 4.78 is 67.4. The van der Waals surface area contributed by atoms with Gasteiger partial charge in [0.2, 0.25) is 5.91 Å². The average molecular weight is 506 g/mol. The number of nitrogens with two attached hydrogens (primary N) is 1. The van der Waals surface area contributed by atoms with Crippen LogP contribution in [0.15, 0.2) is 48.9 Å². The molecular weight excluding hydrogens is 487 g/mol. The summed E-state index contributed by atoms with van der Waals surface area (Å²) >= 11 is 0. The zero-order valence-electron chi connectivity index (χ0n) is 18.4. The molecule has 36 heavy (non-hydrogen) atoms. The van der Waals surface area contributed by atoms with Crippen LogP contribution in [0.3, 0.4) is 0 Å². The molecule has 0 aliphatic heterocycles. The summed E-state index contributed by atoms with van der Waals surface area (Å²) in [5.41, 5.74) is 2.90. The van der Waals surface area contributed by atoms with Gasteiger partial charge in [-0.2, -0.15) is 13.2 Å². The van der Waals surface area contributed by atoms with Gasteiger partial charge in [-0.05, 0) is 37.1 Å². The van der Waals surface area contributed by atoms with E-state index in [1.807, 2.05) is 0 Å². The van der Waals surface area contributed by atoms with E-state index >= 15 is 0 Å². The van der Waals surface area contributed by atoms with Crippen LogP contribution in [0.1, 0.15) is 34.5 Å². The third-order valence-electron chi connectivity index (χ3n) is 5.46. The van der Waals surface area contributed by atoms with Gasteiger partial charge in [0.05, 0.1) is 46.6 Å². The number of amides is 2. The first-order valence-corrected chi connectivity index (χ1v) is 10.6. The van der Waals surface area contributed by atoms with E-state index in [0.717, 1.165) is 24.4 Å². The second-order valence-corrected chi connectivity index (χ2v) is 8.19. The van der Waals surface area contributed by atoms with E-state index in [4.69, 9.17) is 5.73 Å². The molecule has 0 bridgehead atoms. The highest BCUT2D eigenvalue weighted by molar-refractivity contribution is 6.00. The molecule has 5 N–H and O–H groups in total. The van der Waals surface area contributed by atoms with Gasteiger partial charge in [0.15, 0.2) is 0 Å². The predicted molar refractivity (Wildman–Crippen MR) is 119 cm³/mol. The van der Waals surface area contributed by atoms with Crippen molar-refractivity contribution in [2.75, 3.05) is 11.1 Å². The molecule has 1 fully saturated rings. The molecule has 0 saturated heterocycles. The Labute approximate surface area is 201 Å². The highest BCUT2D eigenvalue weighted by Crippen LogP contribution is 2.37. The van der Waals surface area contributed by atoms with Crippen LogP contribution < -0.4 is 21.7 Å². The van der Waals surface area contributed by atoms with E-state index in [-0.39, 0.29) is 29.2 Å². The first kappa shape index (κ1) is 24.8. The zero-order valence-corrected chi connectivity index (χ0v) is 18.4. The van der Waals surface area contributed by atoms with Gasteiger partial charge >= 0.3 is 6.18 Å². The summed E-state index contributed by atoms with van der Waals surface area (Å²) in [5.74, 6) is -3.05. The second-order valence-electron chi connectivity index (χ2n) is 8.19. The lowest BCUT2D eigenvalue weighted by molar-refractivity contribution is -0.137. The number of nitrogens with one attached hydrogen (secondary N) is 3. The molecule has 13 heteroatoms. The largest absolute Gasteiger partial charge is 0.418 e. The van der Waals surface area contributed by atoms with Crippen LogP contribution in [0.5, 0.6) is 0 Å². The quantitative estimate of drug-likeness (QED) is 0.363. The lowest BCUT2D eigenvalue weighted by Gasteiger charge is -2.18. The maximum atomic E-state index is 14.6. The van der Waals surface area contributed by atoms with Crippen molar-refractivity contribution in [1.82, 2.24) is 20.6 Å². The molecule has 0 unspecified atom stereocenters. The molecule has 4 rings (SSSR count). The molecule has 1 aliphatic rings. The minimum atomic E-state index is -4.83. The van der Waals surface area contributed by atoms with E-state index in [2.05, 4.69) is 25.9 Å². The van der Waals surface area contributed by atoms with Crippen molar-refractivity contribution < 1.29 is 31.5 Å². The number of nitrogen functional groups attached to an aromatic ring is 1. The monoisotopic (exact) mass is 506 g/mol. The number of aromatic nitrogens is 2. The first-order chi connectivity index (χ1) is 17.0. The van der Waals surface area contributed by atoms with Crippen LogP contribution in [0.25, 0.3) is 0 Å². The molecule has 2 heterocycles. The number of halogens is 5. The number of rotatable bonds is 7. The Bertz CT molecular complexity index is 1330. The highest BCUT2D eigenvalue weighted by atomic mass is 19.4. The van der Waals surface area contributed by atoms with E-state index < -0.39 is 46.4 Å². The maximum absolute atomic E-state index is 14.6. The summed E-state index contributed by atoms with van der Waals surface area (Å²) in [6, 6.07) is 4.36. The number of benzene rings is 1. The van der Waals surface area contributed by atoms with Gasteiger partial charge in [0.1, 0.15) is 17.2 Å². The minimum absolute atomic E-state index is 0.110. The molecule has 0 spiro atoms. The zero-order chi connectivity index (χ0) is 26.1. The summed E-state index contributed by atoms with van der Waals surface area (Å²) in [4.78, 5) is 32.8. The van der Waals surface area contributed by atoms with Crippen molar-refractivity contribution in [1.29, 1.82) is 0 Å². The molecule has 8 nitrogen and oxygen atoms in total. The number of carbonyl (C=O) groups excluding carboxylic acids is 2. The van der Waals surface area contributed by atoms with Gasteiger partial charge in [-0.1, -0.05) is 0 Å². The van der Waals surface area contributed by atoms with Crippen LogP contribution in [0.2, 0.25) is 0 Å². The van der Waals surface area contributed by atoms with Gasteiger partial charge in [0.25, 0.3) is 5.91 Å². The van der Waals surface area contributed by atoms with E-state index in [0.29, 0.717) is 18.9 Å². The van der Waals surface area contributed by atoms with Gasteiger partial charge in [-0.25, -0.2) is 8.78 Å². The number of alkyl halides is 3. The smallest absolute Gasteiger partial charge is 0.397 e. The van der Waals surface area contributed by atoms with Gasteiger partial charge in [-0.15, -0.1) is 0 Å². The molecule has 2 aromatic heterocycles. The lowest BCUT2D eigenvalue weighted by Crippen LogP contribution is -2.48. The van der Waals surface area contributed by atoms with Gasteiger partial charge in [-0.3, -0.25) is 19.6 Å². The van der Waals surface area contributed by atoms with Crippen molar-refractivity contribution in [3.05, 3.63) is 77.4 Å². The van der Waals surface area contributed by atoms with Crippen LogP contribution in [-0.4, -0.2) is 27.3 Å². The lowest BCUT2D eigenvalue weighted by atomic mass is 10.1. The second kappa shape index (κ2) is 9.40. The summed E-state index contributed by atoms with van der Waals surface area (Å²) in [5, 5.41) is 7.51. The topological polar surface area (TPSA) is 122 Å². The van der Waals surface area contributed by atoms with E-state index in [9.17, 15) is 31.5 Å². The van der Waals surface area contributed by atoms with Crippen molar-refractivity contribution in [2.45, 2.75) is 31.1 Å². The van der Waals surface area contributed by atoms with Gasteiger partial charge in [0, 0.05) is 18.5 Å². The summed E-state index contributed by atoms with van der Waals surface area (Å²) in [6.07, 6.45) is -0.337. The number of nitrogens with zero attached hydrogens (tertiary/aromatic N) is 2. The van der Waals surface area contributed by atoms with Crippen molar-refractivity contribution in [3.8, 4) is 0 Å². The minimum Gasteiger partial charge on any atom is -0.397 e. The fourth-order valence-corrected chi connectivity index (χ4v) is 3.42. The van der Waals surface area contributed by atoms with Crippen LogP contribution in [0.4, 0.5) is 39.0 Å². The van der Waals surface area contributed by atoms with Crippen molar-refractivity contribution in [2.24, 2.45) is 0 Å². The van der Waals surface area contributed by atoms with Crippen molar-refractivity contribution in [3.63, 3.8) is 0 Å². The van der Waals surface area contributed by atoms with Crippen LogP contribution in [-0.2, 0) is 17.5 Å². The Balaban J connectivity index is 1.39. The number of hydrogen-bond donors (Lipinski definition) is 4.